The van der Waals surface area contributed by atoms with Crippen LogP contribution in [0.1, 0.15) is 32.6 Å². The largest absolute Gasteiger partial charge is 0.368 e. The average molecular weight is 347 g/mol. The van der Waals surface area contributed by atoms with Crippen LogP contribution in [-0.4, -0.2) is 60.4 Å². The van der Waals surface area contributed by atoms with Gasteiger partial charge in [-0.05, 0) is 43.5 Å². The van der Waals surface area contributed by atoms with Crippen molar-refractivity contribution in [2.24, 2.45) is 0 Å². The molecule has 0 aromatic heterocycles. The molecule has 1 atom stereocenters. The van der Waals surface area contributed by atoms with Gasteiger partial charge in [-0.2, -0.15) is 0 Å². The topological polar surface area (TPSA) is 43.9 Å². The number of halogens is 1. The second kappa shape index (κ2) is 7.85. The maximum absolute atomic E-state index is 13.1. The zero-order chi connectivity index (χ0) is 17.8. The Hall–Kier alpha value is -2.11. The molecule has 1 aromatic rings. The van der Waals surface area contributed by atoms with Crippen LogP contribution in [0.4, 0.5) is 10.1 Å². The highest BCUT2D eigenvalue weighted by molar-refractivity contribution is 5.88. The number of piperazine rings is 1. The molecule has 5 nitrogen and oxygen atoms in total. The predicted molar refractivity (Wildman–Crippen MR) is 94.8 cm³/mol. The number of carbonyl (C=O) groups is 2. The molecule has 0 spiro atoms. The number of amides is 2. The smallest absolute Gasteiger partial charge is 0.245 e. The Morgan fingerprint density at radius 1 is 1.04 bits per heavy atom. The molecule has 2 aliphatic heterocycles. The van der Waals surface area contributed by atoms with E-state index in [-0.39, 0.29) is 23.7 Å². The van der Waals surface area contributed by atoms with Crippen molar-refractivity contribution in [3.8, 4) is 0 Å². The van der Waals surface area contributed by atoms with Crippen LogP contribution in [-0.2, 0) is 9.59 Å². The molecule has 2 saturated heterocycles. The molecule has 0 bridgehead atoms. The lowest BCUT2D eigenvalue weighted by Gasteiger charge is -2.41. The Balaban J connectivity index is 1.60. The Bertz CT molecular complexity index is 612. The van der Waals surface area contributed by atoms with E-state index in [1.807, 2.05) is 11.8 Å². The van der Waals surface area contributed by atoms with Gasteiger partial charge in [0.2, 0.25) is 11.8 Å². The van der Waals surface area contributed by atoms with Gasteiger partial charge in [0.15, 0.2) is 0 Å². The lowest BCUT2D eigenvalue weighted by atomic mass is 10.00. The van der Waals surface area contributed by atoms with E-state index in [4.69, 9.17) is 0 Å². The number of likely N-dealkylation sites (tertiary alicyclic amines) is 1. The molecule has 0 radical (unpaired) electrons. The Morgan fingerprint density at radius 2 is 1.72 bits per heavy atom. The molecule has 1 aromatic carbocycles. The number of hydrogen-bond donors (Lipinski definition) is 0. The zero-order valence-electron chi connectivity index (χ0n) is 14.8. The van der Waals surface area contributed by atoms with Crippen molar-refractivity contribution in [3.63, 3.8) is 0 Å². The van der Waals surface area contributed by atoms with E-state index < -0.39 is 0 Å². The normalized spacial score (nSPS) is 21.4. The molecular weight excluding hydrogens is 321 g/mol. The summed E-state index contributed by atoms with van der Waals surface area (Å²) in [6.45, 7) is 5.28. The highest BCUT2D eigenvalue weighted by atomic mass is 19.1. The fourth-order valence-electron chi connectivity index (χ4n) is 3.74. The highest BCUT2D eigenvalue weighted by Gasteiger charge is 2.35. The number of nitrogens with zero attached hydrogens (tertiary/aromatic N) is 3. The molecule has 3 rings (SSSR count). The molecule has 0 N–H and O–H groups in total. The molecule has 1 unspecified atom stereocenters. The maximum Gasteiger partial charge on any atom is 0.245 e. The van der Waals surface area contributed by atoms with Crippen molar-refractivity contribution in [3.05, 3.63) is 30.1 Å². The Kier molecular flexibility index (Phi) is 5.56. The minimum Gasteiger partial charge on any atom is -0.368 e. The van der Waals surface area contributed by atoms with Crippen LogP contribution in [0.25, 0.3) is 0 Å². The molecule has 0 aliphatic carbocycles. The lowest BCUT2D eigenvalue weighted by molar-refractivity contribution is -0.147. The minimum absolute atomic E-state index is 0.0722. The molecule has 0 saturated carbocycles. The molecule has 2 aliphatic rings. The summed E-state index contributed by atoms with van der Waals surface area (Å²) in [7, 11) is 0. The van der Waals surface area contributed by atoms with E-state index in [1.54, 1.807) is 17.0 Å². The number of hydrogen-bond acceptors (Lipinski definition) is 3. The van der Waals surface area contributed by atoms with Crippen molar-refractivity contribution >= 4 is 17.5 Å². The molecule has 2 fully saturated rings. The third-order valence-electron chi connectivity index (χ3n) is 5.19. The van der Waals surface area contributed by atoms with Crippen LogP contribution in [0.15, 0.2) is 24.3 Å². The highest BCUT2D eigenvalue weighted by Crippen LogP contribution is 2.22. The van der Waals surface area contributed by atoms with Crippen molar-refractivity contribution in [1.29, 1.82) is 0 Å². The van der Waals surface area contributed by atoms with Crippen LogP contribution in [0, 0.1) is 5.82 Å². The standard InChI is InChI=1S/C19H26FN3O2/c1-2-18(24)23-10-4-3-5-17(23)19(25)22-13-11-21(12-14-22)16-8-6-15(20)7-9-16/h6-9,17H,2-5,10-14H2,1H3. The first-order valence-corrected chi connectivity index (χ1v) is 9.19. The fourth-order valence-corrected chi connectivity index (χ4v) is 3.74. The van der Waals surface area contributed by atoms with Crippen LogP contribution >= 0.6 is 0 Å². The second-order valence-electron chi connectivity index (χ2n) is 6.74. The van der Waals surface area contributed by atoms with Crippen LogP contribution in [0.2, 0.25) is 0 Å². The van der Waals surface area contributed by atoms with E-state index in [1.165, 1.54) is 12.1 Å². The summed E-state index contributed by atoms with van der Waals surface area (Å²) in [4.78, 5) is 30.9. The second-order valence-corrected chi connectivity index (χ2v) is 6.74. The van der Waals surface area contributed by atoms with Crippen molar-refractivity contribution < 1.29 is 14.0 Å². The lowest BCUT2D eigenvalue weighted by Crippen LogP contribution is -2.57. The first-order chi connectivity index (χ1) is 12.1. The van der Waals surface area contributed by atoms with Gasteiger partial charge in [0.1, 0.15) is 11.9 Å². The van der Waals surface area contributed by atoms with Crippen LogP contribution in [0.3, 0.4) is 0 Å². The van der Waals surface area contributed by atoms with Gasteiger partial charge in [-0.1, -0.05) is 6.92 Å². The maximum atomic E-state index is 13.1. The molecule has 2 heterocycles. The zero-order valence-corrected chi connectivity index (χ0v) is 14.8. The number of benzene rings is 1. The van der Waals surface area contributed by atoms with E-state index in [0.29, 0.717) is 26.1 Å². The fraction of sp³-hybridized carbons (Fsp3) is 0.579. The predicted octanol–water partition coefficient (Wildman–Crippen LogP) is 2.27. The molecule has 136 valence electrons. The van der Waals surface area contributed by atoms with Gasteiger partial charge in [0, 0.05) is 44.8 Å². The summed E-state index contributed by atoms with van der Waals surface area (Å²) >= 11 is 0. The van der Waals surface area contributed by atoms with Crippen LogP contribution in [0.5, 0.6) is 0 Å². The molecule has 2 amide bonds. The van der Waals surface area contributed by atoms with Crippen molar-refractivity contribution in [2.75, 3.05) is 37.6 Å². The number of rotatable bonds is 3. The molecule has 6 heteroatoms. The third-order valence-corrected chi connectivity index (χ3v) is 5.19. The van der Waals surface area contributed by atoms with Gasteiger partial charge in [0.05, 0.1) is 0 Å². The number of anilines is 1. The number of piperidine rings is 1. The Morgan fingerprint density at radius 3 is 2.36 bits per heavy atom. The third kappa shape index (κ3) is 3.94. The van der Waals surface area contributed by atoms with Gasteiger partial charge < -0.3 is 14.7 Å². The molecular formula is C19H26FN3O2. The quantitative estimate of drug-likeness (QED) is 0.842. The van der Waals surface area contributed by atoms with Gasteiger partial charge in [-0.25, -0.2) is 4.39 Å². The first kappa shape index (κ1) is 17.7. The van der Waals surface area contributed by atoms with Gasteiger partial charge >= 0.3 is 0 Å². The molecule has 25 heavy (non-hydrogen) atoms. The summed E-state index contributed by atoms with van der Waals surface area (Å²) in [5.74, 6) is -0.0844. The van der Waals surface area contributed by atoms with E-state index >= 15 is 0 Å². The van der Waals surface area contributed by atoms with E-state index in [2.05, 4.69) is 4.90 Å². The summed E-state index contributed by atoms with van der Waals surface area (Å²) in [6.07, 6.45) is 3.19. The van der Waals surface area contributed by atoms with Crippen molar-refractivity contribution in [1.82, 2.24) is 9.80 Å². The minimum atomic E-state index is -0.293. The number of carbonyl (C=O) groups excluding carboxylic acids is 2. The summed E-state index contributed by atoms with van der Waals surface area (Å²) in [5, 5.41) is 0. The summed E-state index contributed by atoms with van der Waals surface area (Å²) in [6, 6.07) is 6.18. The van der Waals surface area contributed by atoms with E-state index in [0.717, 1.165) is 38.0 Å². The van der Waals surface area contributed by atoms with E-state index in [9.17, 15) is 14.0 Å². The summed E-state index contributed by atoms with van der Waals surface area (Å²) in [5.41, 5.74) is 0.981. The van der Waals surface area contributed by atoms with Gasteiger partial charge in [-0.3, -0.25) is 9.59 Å². The Labute approximate surface area is 148 Å². The van der Waals surface area contributed by atoms with Gasteiger partial charge in [0.25, 0.3) is 0 Å². The average Bonchev–Trinajstić information content (AvgIpc) is 2.67. The van der Waals surface area contributed by atoms with Crippen molar-refractivity contribution in [2.45, 2.75) is 38.6 Å². The first-order valence-electron chi connectivity index (χ1n) is 9.19. The SMILES string of the molecule is CCC(=O)N1CCCCC1C(=O)N1CCN(c2ccc(F)cc2)CC1. The monoisotopic (exact) mass is 347 g/mol. The van der Waals surface area contributed by atoms with Gasteiger partial charge in [-0.15, -0.1) is 0 Å². The summed E-state index contributed by atoms with van der Waals surface area (Å²) < 4.78 is 13.1. The van der Waals surface area contributed by atoms with Crippen LogP contribution < -0.4 is 4.90 Å².